The van der Waals surface area contributed by atoms with Gasteiger partial charge in [-0.1, -0.05) is 0 Å². The van der Waals surface area contributed by atoms with Crippen molar-refractivity contribution in [1.82, 2.24) is 4.48 Å². The molecule has 0 fully saturated rings. The third-order valence-electron chi connectivity index (χ3n) is 6.53. The van der Waals surface area contributed by atoms with Gasteiger partial charge in [-0.05, 0) is 38.1 Å². The Kier molecular flexibility index (Phi) is 10.1. The highest BCUT2D eigenvalue weighted by Crippen LogP contribution is 2.43. The number of carbonyl (C=O) groups is 3. The van der Waals surface area contributed by atoms with Gasteiger partial charge in [0.15, 0.2) is 11.5 Å². The maximum Gasteiger partial charge on any atom is 0.374 e. The number of carbonyl (C=O) groups excluding carboxylic acids is 3. The topological polar surface area (TPSA) is 157 Å². The third kappa shape index (κ3) is 7.99. The van der Waals surface area contributed by atoms with Crippen LogP contribution >= 0.6 is 0 Å². The first-order valence-corrected chi connectivity index (χ1v) is 14.2. The fourth-order valence-corrected chi connectivity index (χ4v) is 4.41. The average molecular weight is 627 g/mol. The van der Waals surface area contributed by atoms with E-state index in [9.17, 15) is 24.3 Å². The molecule has 0 bridgehead atoms. The van der Waals surface area contributed by atoms with Gasteiger partial charge in [-0.25, -0.2) is 9.59 Å². The average Bonchev–Trinajstić information content (AvgIpc) is 2.97. The van der Waals surface area contributed by atoms with Crippen LogP contribution in [-0.2, 0) is 23.8 Å². The van der Waals surface area contributed by atoms with Gasteiger partial charge < -0.3 is 37.9 Å². The van der Waals surface area contributed by atoms with Gasteiger partial charge in [0.2, 0.25) is 11.5 Å². The monoisotopic (exact) mass is 626 g/mol. The lowest BCUT2D eigenvalue weighted by Gasteiger charge is -2.29. The normalized spacial score (nSPS) is 14.8. The fraction of sp³-hybridized carbons (Fsp3) is 0.375. The van der Waals surface area contributed by atoms with E-state index in [1.807, 2.05) is 21.1 Å². The second kappa shape index (κ2) is 13.8. The number of rotatable bonds is 12. The number of hydrogen-bond donors (Lipinski definition) is 1. The van der Waals surface area contributed by atoms with Gasteiger partial charge >= 0.3 is 17.9 Å². The van der Waals surface area contributed by atoms with E-state index in [0.29, 0.717) is 4.48 Å². The predicted molar refractivity (Wildman–Crippen MR) is 161 cm³/mol. The van der Waals surface area contributed by atoms with E-state index in [0.717, 1.165) is 11.8 Å². The van der Waals surface area contributed by atoms with Crippen LogP contribution in [0.3, 0.4) is 0 Å². The molecule has 13 heteroatoms. The van der Waals surface area contributed by atoms with Gasteiger partial charge in [0.1, 0.15) is 47.8 Å². The van der Waals surface area contributed by atoms with E-state index in [1.54, 1.807) is 26.0 Å². The minimum absolute atomic E-state index is 0.131. The van der Waals surface area contributed by atoms with Crippen molar-refractivity contribution in [1.29, 1.82) is 0 Å². The zero-order valence-corrected chi connectivity index (χ0v) is 25.9. The Hall–Kier alpha value is -4.88. The number of hydrogen-bond acceptors (Lipinski definition) is 12. The number of quaternary nitrogens is 1. The molecule has 0 saturated carbocycles. The smallest absolute Gasteiger partial charge is 0.374 e. The minimum atomic E-state index is -1.25. The summed E-state index contributed by atoms with van der Waals surface area (Å²) in [6, 6.07) is 8.95. The van der Waals surface area contributed by atoms with Crippen LogP contribution in [0, 0.1) is 0 Å². The van der Waals surface area contributed by atoms with Crippen molar-refractivity contribution in [2.24, 2.45) is 0 Å². The highest BCUT2D eigenvalue weighted by molar-refractivity contribution is 5.89. The second-order valence-corrected chi connectivity index (χ2v) is 10.9. The van der Waals surface area contributed by atoms with Crippen LogP contribution in [0.5, 0.6) is 17.2 Å². The zero-order valence-electron chi connectivity index (χ0n) is 25.9. The summed E-state index contributed by atoms with van der Waals surface area (Å²) >= 11 is 0. The molecule has 1 aromatic heterocycles. The molecular formula is C32H36NO12+. The molecule has 3 aromatic rings. The first kappa shape index (κ1) is 33.0. The van der Waals surface area contributed by atoms with E-state index in [-0.39, 0.29) is 71.7 Å². The summed E-state index contributed by atoms with van der Waals surface area (Å²) in [5, 5.41) is 11.1. The molecule has 2 heterocycles. The molecule has 2 unspecified atom stereocenters. The van der Waals surface area contributed by atoms with Crippen molar-refractivity contribution in [2.45, 2.75) is 33.0 Å². The summed E-state index contributed by atoms with van der Waals surface area (Å²) in [4.78, 5) is 48.9. The van der Waals surface area contributed by atoms with Crippen molar-refractivity contribution in [3.8, 4) is 17.2 Å². The molecule has 0 radical (unpaired) electrons. The Morgan fingerprint density at radius 1 is 0.956 bits per heavy atom. The van der Waals surface area contributed by atoms with Crippen LogP contribution < -0.4 is 24.1 Å². The predicted octanol–water partition coefficient (Wildman–Crippen LogP) is 3.43. The van der Waals surface area contributed by atoms with E-state index >= 15 is 0 Å². The second-order valence-electron chi connectivity index (χ2n) is 10.9. The Morgan fingerprint density at radius 3 is 2.31 bits per heavy atom. The molecule has 1 N–H and O–H groups in total. The maximum absolute atomic E-state index is 12.7. The summed E-state index contributed by atoms with van der Waals surface area (Å²) < 4.78 is 39.0. The number of esters is 3. The molecule has 2 aromatic carbocycles. The third-order valence-corrected chi connectivity index (χ3v) is 6.53. The highest BCUT2D eigenvalue weighted by atomic mass is 16.6. The van der Waals surface area contributed by atoms with E-state index in [1.165, 1.54) is 31.2 Å². The Bertz CT molecular complexity index is 1680. The Morgan fingerprint density at radius 2 is 1.64 bits per heavy atom. The highest BCUT2D eigenvalue weighted by Gasteiger charge is 2.32. The van der Waals surface area contributed by atoms with Crippen molar-refractivity contribution in [2.75, 3.05) is 47.6 Å². The van der Waals surface area contributed by atoms with E-state index < -0.39 is 35.5 Å². The van der Waals surface area contributed by atoms with Gasteiger partial charge in [-0.3, -0.25) is 14.1 Å². The van der Waals surface area contributed by atoms with Gasteiger partial charge in [0.25, 0.3) is 0 Å². The molecule has 13 nitrogen and oxygen atoms in total. The lowest BCUT2D eigenvalue weighted by molar-refractivity contribution is -0.149. The number of aliphatic hydroxyl groups is 1. The minimum Gasteiger partial charge on any atom is -0.490 e. The lowest BCUT2D eigenvalue weighted by Crippen LogP contribution is -2.35. The van der Waals surface area contributed by atoms with E-state index in [4.69, 9.17) is 32.8 Å². The maximum atomic E-state index is 12.7. The molecule has 45 heavy (non-hydrogen) atoms. The molecule has 0 spiro atoms. The van der Waals surface area contributed by atoms with E-state index in [2.05, 4.69) is 0 Å². The Balaban J connectivity index is 1.55. The number of fused-ring (bicyclic) bond motifs is 2. The van der Waals surface area contributed by atoms with Crippen LogP contribution in [-0.4, -0.2) is 76.7 Å². The van der Waals surface area contributed by atoms with Crippen molar-refractivity contribution in [3.63, 3.8) is 0 Å². The molecule has 240 valence electrons. The van der Waals surface area contributed by atoms with Gasteiger partial charge in [0.05, 0.1) is 45.3 Å². The molecule has 0 aliphatic carbocycles. The van der Waals surface area contributed by atoms with Crippen LogP contribution in [0.2, 0.25) is 0 Å². The molecule has 0 saturated heterocycles. The van der Waals surface area contributed by atoms with Crippen LogP contribution in [0.1, 0.15) is 43.0 Å². The van der Waals surface area contributed by atoms with Gasteiger partial charge in [-0.2, -0.15) is 0 Å². The molecule has 2 atom stereocenters. The molecule has 1 aliphatic rings. The first-order valence-electron chi connectivity index (χ1n) is 14.2. The van der Waals surface area contributed by atoms with Gasteiger partial charge in [0, 0.05) is 25.1 Å². The summed E-state index contributed by atoms with van der Waals surface area (Å²) in [6.45, 7) is 4.49. The van der Waals surface area contributed by atoms with Crippen LogP contribution in [0.15, 0.2) is 57.4 Å². The Labute approximate surface area is 259 Å². The van der Waals surface area contributed by atoms with Gasteiger partial charge in [-0.15, -0.1) is 0 Å². The molecule has 4 rings (SSSR count). The summed E-state index contributed by atoms with van der Waals surface area (Å²) in [7, 11) is 5.76. The largest absolute Gasteiger partial charge is 0.490 e. The lowest BCUT2D eigenvalue weighted by atomic mass is 10.0. The quantitative estimate of drug-likeness (QED) is 0.178. The van der Waals surface area contributed by atoms with Crippen molar-refractivity contribution in [3.05, 3.63) is 69.8 Å². The SMILES string of the molecule is CCOC(=O)C1=CC(O)c2c(OCC(COc3ccc4oc(C(=O)OCC)cc(=O)c4c3)OC(C)=O)cc([N+](C)(C)C)cc2O1. The van der Waals surface area contributed by atoms with Crippen LogP contribution in [0.25, 0.3) is 11.0 Å². The first-order chi connectivity index (χ1) is 21.3. The molecule has 0 amide bonds. The fourth-order valence-electron chi connectivity index (χ4n) is 4.41. The summed E-state index contributed by atoms with van der Waals surface area (Å²) in [5.74, 6) is -1.65. The van der Waals surface area contributed by atoms with Crippen LogP contribution in [0.4, 0.5) is 5.69 Å². The number of nitrogens with zero attached hydrogens (tertiary/aromatic N) is 1. The molecular weight excluding hydrogens is 590 g/mol. The standard InChI is InChI=1S/C32H36NO12/c1-7-39-31(37)28-14-23(35)22-13-20(9-10-25(22)44-28)41-16-21(43-18(3)34)17-42-26-11-19(33(4,5)6)12-27-30(26)24(36)15-29(45-27)32(38)40-8-2/h9-15,21,24,36H,7-8,16-17H2,1-6H3/q+1. The molecule has 1 aliphatic heterocycles. The van der Waals surface area contributed by atoms with Crippen molar-refractivity contribution >= 4 is 34.6 Å². The number of ether oxygens (including phenoxy) is 6. The zero-order chi connectivity index (χ0) is 32.9. The number of benzene rings is 2. The number of aliphatic hydroxyl groups excluding tert-OH is 1. The summed E-state index contributed by atoms with van der Waals surface area (Å²) in [6.07, 6.45) is -0.921. The van der Waals surface area contributed by atoms with Crippen molar-refractivity contribution < 1.29 is 52.3 Å². The summed E-state index contributed by atoms with van der Waals surface area (Å²) in [5.41, 5.74) is 0.724.